The maximum atomic E-state index is 11.9. The number of piperidine rings is 1. The summed E-state index contributed by atoms with van der Waals surface area (Å²) in [5, 5.41) is 0. The molecule has 26 heavy (non-hydrogen) atoms. The molecule has 1 saturated heterocycles. The van der Waals surface area contributed by atoms with Gasteiger partial charge in [0.25, 0.3) is 5.56 Å². The van der Waals surface area contributed by atoms with E-state index in [-0.39, 0.29) is 30.4 Å². The predicted octanol–water partition coefficient (Wildman–Crippen LogP) is 2.83. The van der Waals surface area contributed by atoms with Gasteiger partial charge in [-0.05, 0) is 37.1 Å². The molecule has 0 saturated carbocycles. The number of halogens is 2. The van der Waals surface area contributed by atoms with Crippen LogP contribution in [0.2, 0.25) is 0 Å². The number of pyridine rings is 1. The average Bonchev–Trinajstić information content (AvgIpc) is 2.59. The van der Waals surface area contributed by atoms with Crippen LogP contribution >= 0.6 is 24.8 Å². The third-order valence-electron chi connectivity index (χ3n) is 4.74. The summed E-state index contributed by atoms with van der Waals surface area (Å²) < 4.78 is 7.04. The van der Waals surface area contributed by atoms with Gasteiger partial charge in [-0.1, -0.05) is 24.3 Å². The second-order valence-corrected chi connectivity index (χ2v) is 6.48. The molecule has 5 nitrogen and oxygen atoms in total. The van der Waals surface area contributed by atoms with E-state index in [0.29, 0.717) is 11.8 Å². The summed E-state index contributed by atoms with van der Waals surface area (Å²) in [5.74, 6) is 0.617. The molecule has 1 aromatic heterocycles. The number of likely N-dealkylation sites (tertiary alicyclic amines) is 1. The van der Waals surface area contributed by atoms with Crippen LogP contribution < -0.4 is 16.0 Å². The lowest BCUT2D eigenvalue weighted by Gasteiger charge is -2.30. The Morgan fingerprint density at radius 3 is 2.46 bits per heavy atom. The maximum absolute atomic E-state index is 11.9. The third kappa shape index (κ3) is 5.01. The summed E-state index contributed by atoms with van der Waals surface area (Å²) in [6.45, 7) is 2.94. The largest absolute Gasteiger partial charge is 0.496 e. The van der Waals surface area contributed by atoms with Crippen LogP contribution in [-0.2, 0) is 13.6 Å². The molecule has 0 aliphatic carbocycles. The van der Waals surface area contributed by atoms with Crippen LogP contribution in [-0.4, -0.2) is 35.7 Å². The number of methoxy groups -OCH3 is 1. The molecule has 1 aliphatic heterocycles. The number of ether oxygens (including phenoxy) is 1. The van der Waals surface area contributed by atoms with E-state index >= 15 is 0 Å². The molecule has 1 aliphatic rings. The van der Waals surface area contributed by atoms with Gasteiger partial charge >= 0.3 is 0 Å². The Labute approximate surface area is 167 Å². The third-order valence-corrected chi connectivity index (χ3v) is 4.74. The first kappa shape index (κ1) is 22.5. The molecule has 0 amide bonds. The topological polar surface area (TPSA) is 60.5 Å². The number of nitrogens with two attached hydrogens (primary N) is 1. The molecule has 7 heteroatoms. The van der Waals surface area contributed by atoms with Gasteiger partial charge in [0, 0.05) is 37.5 Å². The second-order valence-electron chi connectivity index (χ2n) is 6.48. The second kappa shape index (κ2) is 9.97. The summed E-state index contributed by atoms with van der Waals surface area (Å²) in [4.78, 5) is 14.3. The number of aromatic nitrogens is 1. The summed E-state index contributed by atoms with van der Waals surface area (Å²) >= 11 is 0. The van der Waals surface area contributed by atoms with Crippen LogP contribution in [0.15, 0.2) is 41.3 Å². The number of hydrogen-bond donors (Lipinski definition) is 1. The SMILES string of the molecule is COc1cc(=O)n(C)cc1-c1ccccc1CN1CCC(N)CC1.Cl.Cl. The van der Waals surface area contributed by atoms with Gasteiger partial charge < -0.3 is 15.0 Å². The predicted molar refractivity (Wildman–Crippen MR) is 111 cm³/mol. The highest BCUT2D eigenvalue weighted by molar-refractivity contribution is 5.85. The van der Waals surface area contributed by atoms with Crippen molar-refractivity contribution < 1.29 is 4.74 Å². The standard InChI is InChI=1S/C19H25N3O2.2ClH/c1-21-13-17(18(24-2)11-19(21)23)16-6-4-3-5-14(16)12-22-9-7-15(20)8-10-22;;/h3-6,11,13,15H,7-10,12,20H2,1-2H3;2*1H. The molecular formula is C19H27Cl2N3O2. The Bertz CT molecular complexity index is 772. The van der Waals surface area contributed by atoms with Crippen LogP contribution in [0.1, 0.15) is 18.4 Å². The van der Waals surface area contributed by atoms with E-state index in [1.54, 1.807) is 24.8 Å². The molecule has 0 spiro atoms. The van der Waals surface area contributed by atoms with E-state index < -0.39 is 0 Å². The minimum absolute atomic E-state index is 0. The molecular weight excluding hydrogens is 373 g/mol. The number of nitrogens with zero attached hydrogens (tertiary/aromatic N) is 2. The van der Waals surface area contributed by atoms with Crippen molar-refractivity contribution >= 4 is 24.8 Å². The fraction of sp³-hybridized carbons (Fsp3) is 0.421. The zero-order chi connectivity index (χ0) is 17.1. The fourth-order valence-electron chi connectivity index (χ4n) is 3.26. The summed E-state index contributed by atoms with van der Waals surface area (Å²) in [6, 6.07) is 10.2. The molecule has 0 radical (unpaired) electrons. The van der Waals surface area contributed by atoms with Crippen LogP contribution in [0, 0.1) is 0 Å². The maximum Gasteiger partial charge on any atom is 0.254 e. The number of benzene rings is 1. The van der Waals surface area contributed by atoms with Gasteiger partial charge in [0.2, 0.25) is 0 Å². The molecule has 2 N–H and O–H groups in total. The van der Waals surface area contributed by atoms with Crippen molar-refractivity contribution in [2.45, 2.75) is 25.4 Å². The molecule has 2 heterocycles. The highest BCUT2D eigenvalue weighted by atomic mass is 35.5. The van der Waals surface area contributed by atoms with Gasteiger partial charge in [0.1, 0.15) is 5.75 Å². The zero-order valence-corrected chi connectivity index (χ0v) is 16.8. The van der Waals surface area contributed by atoms with Crippen molar-refractivity contribution in [1.82, 2.24) is 9.47 Å². The van der Waals surface area contributed by atoms with Crippen LogP contribution in [0.4, 0.5) is 0 Å². The van der Waals surface area contributed by atoms with Crippen molar-refractivity contribution in [1.29, 1.82) is 0 Å². The zero-order valence-electron chi connectivity index (χ0n) is 15.2. The van der Waals surface area contributed by atoms with E-state index in [4.69, 9.17) is 10.5 Å². The number of rotatable bonds is 4. The van der Waals surface area contributed by atoms with E-state index in [1.165, 1.54) is 5.56 Å². The first-order valence-electron chi connectivity index (χ1n) is 8.39. The Morgan fingerprint density at radius 1 is 1.15 bits per heavy atom. The molecule has 1 aromatic carbocycles. The molecule has 1 fully saturated rings. The van der Waals surface area contributed by atoms with E-state index in [2.05, 4.69) is 23.1 Å². The summed E-state index contributed by atoms with van der Waals surface area (Å²) in [5.41, 5.74) is 9.23. The van der Waals surface area contributed by atoms with Crippen LogP contribution in [0.5, 0.6) is 5.75 Å². The van der Waals surface area contributed by atoms with E-state index in [0.717, 1.165) is 43.6 Å². The van der Waals surface area contributed by atoms with Gasteiger partial charge in [-0.25, -0.2) is 0 Å². The van der Waals surface area contributed by atoms with Crippen molar-refractivity contribution in [3.8, 4) is 16.9 Å². The lowest BCUT2D eigenvalue weighted by Crippen LogP contribution is -2.39. The Balaban J connectivity index is 0.00000169. The Morgan fingerprint density at radius 2 is 1.81 bits per heavy atom. The monoisotopic (exact) mass is 399 g/mol. The minimum Gasteiger partial charge on any atom is -0.496 e. The fourth-order valence-corrected chi connectivity index (χ4v) is 3.26. The Hall–Kier alpha value is -1.53. The quantitative estimate of drug-likeness (QED) is 0.858. The van der Waals surface area contributed by atoms with Crippen molar-refractivity contribution in [3.05, 3.63) is 52.4 Å². The number of aryl methyl sites for hydroxylation is 1. The first-order chi connectivity index (χ1) is 11.6. The van der Waals surface area contributed by atoms with Crippen LogP contribution in [0.3, 0.4) is 0 Å². The first-order valence-corrected chi connectivity index (χ1v) is 8.39. The minimum atomic E-state index is -0.0712. The number of hydrogen-bond acceptors (Lipinski definition) is 4. The molecule has 2 aromatic rings. The van der Waals surface area contributed by atoms with Crippen molar-refractivity contribution in [2.75, 3.05) is 20.2 Å². The van der Waals surface area contributed by atoms with Gasteiger partial charge in [0.15, 0.2) is 0 Å². The smallest absolute Gasteiger partial charge is 0.254 e. The van der Waals surface area contributed by atoms with Crippen molar-refractivity contribution in [3.63, 3.8) is 0 Å². The molecule has 0 unspecified atom stereocenters. The Kier molecular flexibility index (Phi) is 8.63. The normalized spacial score (nSPS) is 15.0. The lowest BCUT2D eigenvalue weighted by atomic mass is 9.98. The van der Waals surface area contributed by atoms with Gasteiger partial charge in [0.05, 0.1) is 7.11 Å². The van der Waals surface area contributed by atoms with Gasteiger partial charge in [-0.3, -0.25) is 9.69 Å². The molecule has 0 bridgehead atoms. The van der Waals surface area contributed by atoms with Gasteiger partial charge in [-0.2, -0.15) is 0 Å². The van der Waals surface area contributed by atoms with Gasteiger partial charge in [-0.15, -0.1) is 24.8 Å². The summed E-state index contributed by atoms with van der Waals surface area (Å²) in [7, 11) is 3.37. The van der Waals surface area contributed by atoms with E-state index in [1.807, 2.05) is 12.3 Å². The molecule has 3 rings (SSSR count). The average molecular weight is 400 g/mol. The highest BCUT2D eigenvalue weighted by Gasteiger charge is 2.18. The van der Waals surface area contributed by atoms with Crippen LogP contribution in [0.25, 0.3) is 11.1 Å². The molecule has 144 valence electrons. The molecule has 0 atom stereocenters. The highest BCUT2D eigenvalue weighted by Crippen LogP contribution is 2.32. The van der Waals surface area contributed by atoms with E-state index in [9.17, 15) is 4.79 Å². The lowest BCUT2D eigenvalue weighted by molar-refractivity contribution is 0.206. The summed E-state index contributed by atoms with van der Waals surface area (Å²) in [6.07, 6.45) is 3.95. The van der Waals surface area contributed by atoms with Crippen molar-refractivity contribution in [2.24, 2.45) is 12.8 Å².